The molecular weight excluding hydrogens is 388 g/mol. The van der Waals surface area contributed by atoms with Gasteiger partial charge in [-0.25, -0.2) is 0 Å². The smallest absolute Gasteiger partial charge is 0.255 e. The molecule has 2 fully saturated rings. The molecule has 2 saturated heterocycles. The Balaban J connectivity index is 1.48. The third kappa shape index (κ3) is 5.44. The molecule has 3 N–H and O–H groups in total. The molecule has 0 unspecified atom stereocenters. The Morgan fingerprint density at radius 2 is 1.42 bits per heavy atom. The van der Waals surface area contributed by atoms with Crippen molar-refractivity contribution >= 4 is 23.2 Å². The number of nitrogens with one attached hydrogen (secondary N) is 1. The molecule has 0 bridgehead atoms. The predicted molar refractivity (Wildman–Crippen MR) is 125 cm³/mol. The summed E-state index contributed by atoms with van der Waals surface area (Å²) in [7, 11) is 0. The molecule has 0 spiro atoms. The number of carbonyl (C=O) groups is 2. The number of hydrogen-bond donors (Lipinski definition) is 2. The molecular formula is C25H32N4O2. The summed E-state index contributed by atoms with van der Waals surface area (Å²) in [5.41, 5.74) is 9.29. The first-order chi connectivity index (χ1) is 15.1. The van der Waals surface area contributed by atoms with Crippen LogP contribution in [-0.4, -0.2) is 42.9 Å². The SMILES string of the molecule is NC(=O)c1ccc(N2CCCCC2)c(NC(=O)c2ccc(CN3CCCCC3)cc2)c1. The van der Waals surface area contributed by atoms with Crippen molar-refractivity contribution in [2.24, 2.45) is 5.73 Å². The maximum atomic E-state index is 13.0. The second kappa shape index (κ2) is 9.96. The number of nitrogens with two attached hydrogens (primary N) is 1. The number of anilines is 2. The van der Waals surface area contributed by atoms with Crippen LogP contribution in [-0.2, 0) is 6.54 Å². The van der Waals surface area contributed by atoms with Gasteiger partial charge in [-0.2, -0.15) is 0 Å². The van der Waals surface area contributed by atoms with Crippen LogP contribution in [0, 0.1) is 0 Å². The lowest BCUT2D eigenvalue weighted by molar-refractivity contribution is 0.0996. The first-order valence-electron chi connectivity index (χ1n) is 11.4. The van der Waals surface area contributed by atoms with Gasteiger partial charge < -0.3 is 16.0 Å². The van der Waals surface area contributed by atoms with E-state index < -0.39 is 5.91 Å². The topological polar surface area (TPSA) is 78.7 Å². The van der Waals surface area contributed by atoms with Crippen LogP contribution in [0.5, 0.6) is 0 Å². The van der Waals surface area contributed by atoms with E-state index in [9.17, 15) is 9.59 Å². The number of primary amides is 1. The second-order valence-electron chi connectivity index (χ2n) is 8.63. The van der Waals surface area contributed by atoms with E-state index in [-0.39, 0.29) is 5.91 Å². The van der Waals surface area contributed by atoms with Crippen LogP contribution in [0.4, 0.5) is 11.4 Å². The molecule has 2 aliphatic heterocycles. The number of hydrogen-bond acceptors (Lipinski definition) is 4. The molecule has 0 radical (unpaired) electrons. The summed E-state index contributed by atoms with van der Waals surface area (Å²) in [5.74, 6) is -0.674. The molecule has 31 heavy (non-hydrogen) atoms. The minimum atomic E-state index is -0.497. The molecule has 2 aliphatic rings. The van der Waals surface area contributed by atoms with E-state index in [1.165, 1.54) is 31.2 Å². The number of likely N-dealkylation sites (tertiary alicyclic amines) is 1. The third-order valence-corrected chi connectivity index (χ3v) is 6.30. The Bertz CT molecular complexity index is 914. The number of rotatable bonds is 6. The molecule has 0 atom stereocenters. The van der Waals surface area contributed by atoms with Gasteiger partial charge in [0, 0.05) is 30.8 Å². The van der Waals surface area contributed by atoms with Gasteiger partial charge in [0.1, 0.15) is 0 Å². The van der Waals surface area contributed by atoms with E-state index in [0.29, 0.717) is 16.8 Å². The van der Waals surface area contributed by atoms with E-state index in [4.69, 9.17) is 5.73 Å². The lowest BCUT2D eigenvalue weighted by Gasteiger charge is -2.30. The van der Waals surface area contributed by atoms with E-state index in [1.54, 1.807) is 12.1 Å². The molecule has 0 saturated carbocycles. The van der Waals surface area contributed by atoms with Crippen LogP contribution in [0.15, 0.2) is 42.5 Å². The Kier molecular flexibility index (Phi) is 6.87. The third-order valence-electron chi connectivity index (χ3n) is 6.30. The van der Waals surface area contributed by atoms with Gasteiger partial charge in [0.2, 0.25) is 5.91 Å². The van der Waals surface area contributed by atoms with Crippen molar-refractivity contribution in [2.75, 3.05) is 36.4 Å². The van der Waals surface area contributed by atoms with E-state index in [1.807, 2.05) is 30.3 Å². The summed E-state index contributed by atoms with van der Waals surface area (Å²) >= 11 is 0. The number of piperidine rings is 2. The van der Waals surface area contributed by atoms with E-state index in [0.717, 1.165) is 51.3 Å². The lowest BCUT2D eigenvalue weighted by Crippen LogP contribution is -2.30. The summed E-state index contributed by atoms with van der Waals surface area (Å²) < 4.78 is 0. The van der Waals surface area contributed by atoms with Gasteiger partial charge >= 0.3 is 0 Å². The van der Waals surface area contributed by atoms with Crippen molar-refractivity contribution in [1.29, 1.82) is 0 Å². The maximum absolute atomic E-state index is 13.0. The van der Waals surface area contributed by atoms with Gasteiger partial charge in [-0.1, -0.05) is 18.6 Å². The highest BCUT2D eigenvalue weighted by Gasteiger charge is 2.18. The van der Waals surface area contributed by atoms with Crippen LogP contribution < -0.4 is 16.0 Å². The predicted octanol–water partition coefficient (Wildman–Crippen LogP) is 4.01. The van der Waals surface area contributed by atoms with Gasteiger partial charge in [0.15, 0.2) is 0 Å². The number of carbonyl (C=O) groups excluding carboxylic acids is 2. The van der Waals surface area contributed by atoms with Crippen LogP contribution >= 0.6 is 0 Å². The first-order valence-corrected chi connectivity index (χ1v) is 11.4. The minimum Gasteiger partial charge on any atom is -0.370 e. The van der Waals surface area contributed by atoms with Crippen molar-refractivity contribution in [2.45, 2.75) is 45.1 Å². The summed E-state index contributed by atoms with van der Waals surface area (Å²) in [6.07, 6.45) is 7.34. The van der Waals surface area contributed by atoms with Crippen LogP contribution in [0.25, 0.3) is 0 Å². The molecule has 0 aromatic heterocycles. The lowest BCUT2D eigenvalue weighted by atomic mass is 10.1. The number of nitrogens with zero attached hydrogens (tertiary/aromatic N) is 2. The molecule has 0 aliphatic carbocycles. The average molecular weight is 421 g/mol. The Labute approximate surface area is 184 Å². The van der Waals surface area contributed by atoms with Gasteiger partial charge in [-0.3, -0.25) is 14.5 Å². The summed E-state index contributed by atoms with van der Waals surface area (Å²) in [6.45, 7) is 5.13. The molecule has 4 rings (SSSR count). The van der Waals surface area contributed by atoms with Crippen molar-refractivity contribution in [3.8, 4) is 0 Å². The minimum absolute atomic E-state index is 0.176. The summed E-state index contributed by atoms with van der Waals surface area (Å²) in [4.78, 5) is 29.4. The first kappa shape index (κ1) is 21.4. The maximum Gasteiger partial charge on any atom is 0.255 e. The van der Waals surface area contributed by atoms with Crippen LogP contribution in [0.1, 0.15) is 64.8 Å². The zero-order valence-corrected chi connectivity index (χ0v) is 18.1. The molecule has 2 amide bonds. The number of amides is 2. The average Bonchev–Trinajstić information content (AvgIpc) is 2.80. The zero-order valence-electron chi connectivity index (χ0n) is 18.1. The normalized spacial score (nSPS) is 17.4. The van der Waals surface area contributed by atoms with Crippen LogP contribution in [0.2, 0.25) is 0 Å². The molecule has 164 valence electrons. The summed E-state index contributed by atoms with van der Waals surface area (Å²) in [5, 5.41) is 3.02. The largest absolute Gasteiger partial charge is 0.370 e. The zero-order chi connectivity index (χ0) is 21.6. The Morgan fingerprint density at radius 3 is 2.06 bits per heavy atom. The summed E-state index contributed by atoms with van der Waals surface area (Å²) in [6, 6.07) is 13.2. The highest BCUT2D eigenvalue weighted by atomic mass is 16.2. The second-order valence-corrected chi connectivity index (χ2v) is 8.63. The van der Waals surface area contributed by atoms with E-state index >= 15 is 0 Å². The molecule has 6 heteroatoms. The monoisotopic (exact) mass is 420 g/mol. The fourth-order valence-corrected chi connectivity index (χ4v) is 4.53. The van der Waals surface area contributed by atoms with Gasteiger partial charge in [0.25, 0.3) is 5.91 Å². The van der Waals surface area contributed by atoms with E-state index in [2.05, 4.69) is 15.1 Å². The molecule has 2 heterocycles. The van der Waals surface area contributed by atoms with Gasteiger partial charge in [0.05, 0.1) is 11.4 Å². The van der Waals surface area contributed by atoms with Crippen molar-refractivity contribution in [1.82, 2.24) is 4.90 Å². The van der Waals surface area contributed by atoms with Gasteiger partial charge in [-0.05, 0) is 81.1 Å². The molecule has 2 aromatic rings. The molecule has 6 nitrogen and oxygen atoms in total. The fraction of sp³-hybridized carbons (Fsp3) is 0.440. The quantitative estimate of drug-likeness (QED) is 0.740. The fourth-order valence-electron chi connectivity index (χ4n) is 4.53. The Hall–Kier alpha value is -2.86. The van der Waals surface area contributed by atoms with Crippen LogP contribution in [0.3, 0.4) is 0 Å². The number of benzene rings is 2. The van der Waals surface area contributed by atoms with Crippen molar-refractivity contribution in [3.05, 3.63) is 59.2 Å². The Morgan fingerprint density at radius 1 is 0.806 bits per heavy atom. The highest BCUT2D eigenvalue weighted by molar-refractivity contribution is 6.07. The van der Waals surface area contributed by atoms with Crippen molar-refractivity contribution < 1.29 is 9.59 Å². The standard InChI is InChI=1S/C25H32N4O2/c26-24(30)21-11-12-23(29-15-5-2-6-16-29)22(17-21)27-25(31)20-9-7-19(8-10-20)18-28-13-3-1-4-14-28/h7-12,17H,1-6,13-16,18H2,(H2,26,30)(H,27,31). The highest BCUT2D eigenvalue weighted by Crippen LogP contribution is 2.30. The molecule has 2 aromatic carbocycles. The van der Waals surface area contributed by atoms with Crippen molar-refractivity contribution in [3.63, 3.8) is 0 Å². The van der Waals surface area contributed by atoms with Gasteiger partial charge in [-0.15, -0.1) is 0 Å².